The summed E-state index contributed by atoms with van der Waals surface area (Å²) in [5, 5.41) is 0. The topological polar surface area (TPSA) is 25.8 Å². The monoisotopic (exact) mass is 392 g/mol. The SMILES string of the molecule is Cc1cc(-c2c(F)c(F)c(-c3cc(C)c(C)s3)c3nsnc23)sc1C. The van der Waals surface area contributed by atoms with Gasteiger partial charge in [-0.25, -0.2) is 8.78 Å². The first-order valence-corrected chi connectivity index (χ1v) is 10.0. The Morgan fingerprint density at radius 1 is 0.720 bits per heavy atom. The normalized spacial score (nSPS) is 11.6. The van der Waals surface area contributed by atoms with Crippen molar-refractivity contribution in [2.75, 3.05) is 0 Å². The first-order valence-electron chi connectivity index (χ1n) is 7.66. The van der Waals surface area contributed by atoms with E-state index in [1.165, 1.54) is 22.7 Å². The zero-order valence-electron chi connectivity index (χ0n) is 14.0. The van der Waals surface area contributed by atoms with Gasteiger partial charge in [-0.15, -0.1) is 22.7 Å². The molecule has 2 nitrogen and oxygen atoms in total. The molecule has 1 aromatic carbocycles. The van der Waals surface area contributed by atoms with Crippen LogP contribution in [-0.4, -0.2) is 8.75 Å². The van der Waals surface area contributed by atoms with E-state index in [9.17, 15) is 0 Å². The van der Waals surface area contributed by atoms with Gasteiger partial charge in [-0.2, -0.15) is 8.75 Å². The van der Waals surface area contributed by atoms with E-state index >= 15 is 8.78 Å². The molecule has 0 spiro atoms. The third-order valence-electron chi connectivity index (χ3n) is 4.42. The van der Waals surface area contributed by atoms with Gasteiger partial charge in [-0.1, -0.05) is 0 Å². The second kappa shape index (κ2) is 5.93. The molecule has 0 saturated carbocycles. The van der Waals surface area contributed by atoms with Crippen LogP contribution in [0.2, 0.25) is 0 Å². The molecule has 0 bridgehead atoms. The van der Waals surface area contributed by atoms with Crippen LogP contribution < -0.4 is 0 Å². The quantitative estimate of drug-likeness (QED) is 0.381. The first kappa shape index (κ1) is 16.8. The average Bonchev–Trinajstić information content (AvgIpc) is 3.23. The molecule has 3 aromatic heterocycles. The summed E-state index contributed by atoms with van der Waals surface area (Å²) in [6.45, 7) is 7.87. The summed E-state index contributed by atoms with van der Waals surface area (Å²) in [6.07, 6.45) is 0. The lowest BCUT2D eigenvalue weighted by atomic mass is 10.0. The number of aryl methyl sites for hydroxylation is 4. The minimum atomic E-state index is -0.847. The number of aromatic nitrogens is 2. The lowest BCUT2D eigenvalue weighted by Gasteiger charge is -2.08. The van der Waals surface area contributed by atoms with E-state index in [1.54, 1.807) is 0 Å². The highest BCUT2D eigenvalue weighted by Gasteiger charge is 2.26. The zero-order valence-corrected chi connectivity index (χ0v) is 16.5. The molecule has 0 unspecified atom stereocenters. The number of benzene rings is 1. The van der Waals surface area contributed by atoms with Crippen molar-refractivity contribution in [1.82, 2.24) is 8.75 Å². The Morgan fingerprint density at radius 2 is 1.12 bits per heavy atom. The van der Waals surface area contributed by atoms with Gasteiger partial charge in [0.25, 0.3) is 0 Å². The first-order chi connectivity index (χ1) is 11.9. The highest BCUT2D eigenvalue weighted by atomic mass is 32.1. The zero-order chi connectivity index (χ0) is 17.9. The smallest absolute Gasteiger partial charge is 0.170 e. The highest BCUT2D eigenvalue weighted by molar-refractivity contribution is 7.16. The molecular weight excluding hydrogens is 378 g/mol. The summed E-state index contributed by atoms with van der Waals surface area (Å²) in [6, 6.07) is 3.77. The molecule has 0 amide bonds. The number of hydrogen-bond acceptors (Lipinski definition) is 5. The molecule has 128 valence electrons. The number of rotatable bonds is 2. The van der Waals surface area contributed by atoms with Crippen LogP contribution in [0, 0.1) is 39.3 Å². The number of thiophene rings is 2. The van der Waals surface area contributed by atoms with Crippen LogP contribution in [0.5, 0.6) is 0 Å². The van der Waals surface area contributed by atoms with E-state index in [2.05, 4.69) is 8.75 Å². The molecule has 0 saturated heterocycles. The maximum absolute atomic E-state index is 15.1. The van der Waals surface area contributed by atoms with Crippen LogP contribution in [0.15, 0.2) is 12.1 Å². The average molecular weight is 393 g/mol. The van der Waals surface area contributed by atoms with Gasteiger partial charge < -0.3 is 0 Å². The van der Waals surface area contributed by atoms with Gasteiger partial charge in [0.1, 0.15) is 11.0 Å². The van der Waals surface area contributed by atoms with E-state index in [0.717, 1.165) is 32.6 Å². The third-order valence-corrected chi connectivity index (χ3v) is 7.29. The minimum absolute atomic E-state index is 0.219. The van der Waals surface area contributed by atoms with Crippen LogP contribution >= 0.6 is 34.4 Å². The van der Waals surface area contributed by atoms with E-state index < -0.39 is 11.6 Å². The van der Waals surface area contributed by atoms with Crippen molar-refractivity contribution in [3.8, 4) is 20.9 Å². The molecule has 25 heavy (non-hydrogen) atoms. The van der Waals surface area contributed by atoms with Gasteiger partial charge in [-0.3, -0.25) is 0 Å². The van der Waals surface area contributed by atoms with Gasteiger partial charge in [0.15, 0.2) is 11.6 Å². The molecule has 7 heteroatoms. The molecule has 0 aliphatic rings. The van der Waals surface area contributed by atoms with E-state index in [0.29, 0.717) is 20.8 Å². The standard InChI is InChI=1S/C18H14F2N2S3/c1-7-5-11(23-9(7)3)13-15(19)16(20)14(18-17(13)21-25-22-18)12-6-8(2)10(4)24-12/h5-6H,1-4H3. The minimum Gasteiger partial charge on any atom is -0.203 e. The van der Waals surface area contributed by atoms with E-state index in [-0.39, 0.29) is 11.1 Å². The molecule has 4 rings (SSSR count). The van der Waals surface area contributed by atoms with Crippen molar-refractivity contribution >= 4 is 45.4 Å². The Balaban J connectivity index is 2.07. The van der Waals surface area contributed by atoms with Crippen molar-refractivity contribution in [1.29, 1.82) is 0 Å². The molecular formula is C18H14F2N2S3. The van der Waals surface area contributed by atoms with Crippen molar-refractivity contribution in [3.63, 3.8) is 0 Å². The Labute approximate surface area is 156 Å². The maximum atomic E-state index is 15.1. The van der Waals surface area contributed by atoms with E-state index in [1.807, 2.05) is 39.8 Å². The third kappa shape index (κ3) is 2.53. The molecule has 0 aliphatic heterocycles. The van der Waals surface area contributed by atoms with Gasteiger partial charge in [0, 0.05) is 19.5 Å². The van der Waals surface area contributed by atoms with Crippen molar-refractivity contribution in [2.45, 2.75) is 27.7 Å². The maximum Gasteiger partial charge on any atom is 0.170 e. The van der Waals surface area contributed by atoms with Crippen LogP contribution in [0.4, 0.5) is 8.78 Å². The summed E-state index contributed by atoms with van der Waals surface area (Å²) in [5.74, 6) is -1.69. The molecule has 4 aromatic rings. The molecule has 0 radical (unpaired) electrons. The van der Waals surface area contributed by atoms with Crippen LogP contribution in [0.3, 0.4) is 0 Å². The summed E-state index contributed by atoms with van der Waals surface area (Å²) in [5.41, 5.74) is 3.43. The Morgan fingerprint density at radius 3 is 1.44 bits per heavy atom. The summed E-state index contributed by atoms with van der Waals surface area (Å²) < 4.78 is 38.7. The lowest BCUT2D eigenvalue weighted by Crippen LogP contribution is -1.95. The molecule has 0 fully saturated rings. The largest absolute Gasteiger partial charge is 0.203 e. The summed E-state index contributed by atoms with van der Waals surface area (Å²) >= 11 is 3.89. The number of nitrogens with zero attached hydrogens (tertiary/aromatic N) is 2. The lowest BCUT2D eigenvalue weighted by molar-refractivity contribution is 0.516. The molecule has 3 heterocycles. The van der Waals surface area contributed by atoms with Crippen LogP contribution in [0.1, 0.15) is 20.9 Å². The highest BCUT2D eigenvalue weighted by Crippen LogP contribution is 2.44. The van der Waals surface area contributed by atoms with Gasteiger partial charge in [-0.05, 0) is 51.0 Å². The van der Waals surface area contributed by atoms with E-state index in [4.69, 9.17) is 0 Å². The van der Waals surface area contributed by atoms with Gasteiger partial charge in [0.05, 0.1) is 22.9 Å². The Kier molecular flexibility index (Phi) is 3.97. The fourth-order valence-electron chi connectivity index (χ4n) is 2.79. The molecule has 0 aliphatic carbocycles. The van der Waals surface area contributed by atoms with Gasteiger partial charge >= 0.3 is 0 Å². The Hall–Kier alpha value is -1.70. The van der Waals surface area contributed by atoms with Crippen molar-refractivity contribution < 1.29 is 8.78 Å². The summed E-state index contributed by atoms with van der Waals surface area (Å²) in [7, 11) is 0. The van der Waals surface area contributed by atoms with Gasteiger partial charge in [0.2, 0.25) is 0 Å². The fraction of sp³-hybridized carbons (Fsp3) is 0.222. The van der Waals surface area contributed by atoms with Crippen molar-refractivity contribution in [3.05, 3.63) is 44.6 Å². The molecule has 0 N–H and O–H groups in total. The number of hydrogen-bond donors (Lipinski definition) is 0. The molecule has 0 atom stereocenters. The fourth-order valence-corrected chi connectivity index (χ4v) is 5.49. The number of fused-ring (bicyclic) bond motifs is 1. The second-order valence-electron chi connectivity index (χ2n) is 6.04. The Bertz CT molecular complexity index is 996. The predicted molar refractivity (Wildman–Crippen MR) is 103 cm³/mol. The van der Waals surface area contributed by atoms with Crippen LogP contribution in [0.25, 0.3) is 31.9 Å². The predicted octanol–water partition coefficient (Wildman–Crippen LogP) is 6.66. The second-order valence-corrected chi connectivity index (χ2v) is 9.08. The van der Waals surface area contributed by atoms with Crippen LogP contribution in [-0.2, 0) is 0 Å². The summed E-state index contributed by atoms with van der Waals surface area (Å²) in [4.78, 5) is 3.54. The number of halogens is 2. The van der Waals surface area contributed by atoms with Crippen molar-refractivity contribution in [2.24, 2.45) is 0 Å².